The van der Waals surface area contributed by atoms with Crippen LogP contribution in [0.25, 0.3) is 0 Å². The van der Waals surface area contributed by atoms with Gasteiger partial charge in [-0.25, -0.2) is 8.42 Å². The molecule has 1 aliphatic carbocycles. The van der Waals surface area contributed by atoms with Crippen molar-refractivity contribution in [2.75, 3.05) is 30.3 Å². The molecule has 0 spiro atoms. The molecule has 172 valence electrons. The quantitative estimate of drug-likeness (QED) is 0.688. The van der Waals surface area contributed by atoms with Crippen LogP contribution in [0.2, 0.25) is 0 Å². The molecule has 1 atom stereocenters. The molecule has 0 bridgehead atoms. The van der Waals surface area contributed by atoms with E-state index in [4.69, 9.17) is 9.47 Å². The summed E-state index contributed by atoms with van der Waals surface area (Å²) in [5.74, 6) is 0.689. The molecule has 0 saturated carbocycles. The molecule has 2 aromatic carbocycles. The van der Waals surface area contributed by atoms with Gasteiger partial charge in [0, 0.05) is 6.07 Å². The molecule has 7 nitrogen and oxygen atoms in total. The van der Waals surface area contributed by atoms with Crippen molar-refractivity contribution in [1.29, 1.82) is 0 Å². The summed E-state index contributed by atoms with van der Waals surface area (Å²) in [5.41, 5.74) is 4.18. The van der Waals surface area contributed by atoms with Crippen LogP contribution in [-0.2, 0) is 27.7 Å². The summed E-state index contributed by atoms with van der Waals surface area (Å²) >= 11 is 0. The van der Waals surface area contributed by atoms with Crippen molar-refractivity contribution in [2.45, 2.75) is 45.1 Å². The molecule has 1 aliphatic heterocycles. The number of hydrogen-bond donors (Lipinski definition) is 1. The van der Waals surface area contributed by atoms with Crippen molar-refractivity contribution in [3.8, 4) is 11.5 Å². The number of anilines is 1. The second-order valence-electron chi connectivity index (χ2n) is 8.36. The molecule has 0 radical (unpaired) electrons. The number of fused-ring (bicyclic) bond motifs is 2. The summed E-state index contributed by atoms with van der Waals surface area (Å²) in [6.45, 7) is 2.56. The lowest BCUT2D eigenvalue weighted by atomic mass is 9.89. The number of hydrogen-bond acceptors (Lipinski definition) is 5. The Bertz CT molecular complexity index is 1100. The molecule has 4 rings (SSSR count). The Kier molecular flexibility index (Phi) is 6.60. The summed E-state index contributed by atoms with van der Waals surface area (Å²) in [5, 5.41) is 3.02. The van der Waals surface area contributed by atoms with Gasteiger partial charge in [-0.3, -0.25) is 9.10 Å². The third-order valence-corrected chi connectivity index (χ3v) is 7.16. The van der Waals surface area contributed by atoms with Crippen molar-refractivity contribution < 1.29 is 22.7 Å². The highest BCUT2D eigenvalue weighted by Gasteiger charge is 2.25. The summed E-state index contributed by atoms with van der Waals surface area (Å²) in [7, 11) is -3.68. The summed E-state index contributed by atoms with van der Waals surface area (Å²) < 4.78 is 37.2. The Morgan fingerprint density at radius 2 is 1.75 bits per heavy atom. The zero-order valence-corrected chi connectivity index (χ0v) is 19.4. The van der Waals surface area contributed by atoms with Crippen LogP contribution in [0.4, 0.5) is 5.69 Å². The van der Waals surface area contributed by atoms with E-state index in [0.29, 0.717) is 36.8 Å². The van der Waals surface area contributed by atoms with Crippen LogP contribution < -0.4 is 19.1 Å². The highest BCUT2D eigenvalue weighted by molar-refractivity contribution is 7.92. The smallest absolute Gasteiger partial charge is 0.241 e. The van der Waals surface area contributed by atoms with Gasteiger partial charge in [-0.15, -0.1) is 0 Å². The van der Waals surface area contributed by atoms with Gasteiger partial charge in [0.25, 0.3) is 0 Å². The van der Waals surface area contributed by atoms with Crippen molar-refractivity contribution in [1.82, 2.24) is 5.32 Å². The fourth-order valence-electron chi connectivity index (χ4n) is 4.35. The Balaban J connectivity index is 1.51. The number of nitrogens with zero attached hydrogens (tertiary/aromatic N) is 1. The van der Waals surface area contributed by atoms with Gasteiger partial charge < -0.3 is 14.8 Å². The van der Waals surface area contributed by atoms with Gasteiger partial charge in [0.2, 0.25) is 15.9 Å². The minimum absolute atomic E-state index is 0.170. The third-order valence-electron chi connectivity index (χ3n) is 6.02. The lowest BCUT2D eigenvalue weighted by Crippen LogP contribution is -2.41. The second-order valence-corrected chi connectivity index (χ2v) is 10.3. The molecule has 1 N–H and O–H groups in total. The maximum Gasteiger partial charge on any atom is 0.241 e. The number of benzene rings is 2. The predicted molar refractivity (Wildman–Crippen MR) is 124 cm³/mol. The maximum atomic E-state index is 12.9. The van der Waals surface area contributed by atoms with E-state index in [1.807, 2.05) is 6.92 Å². The molecule has 1 heterocycles. The van der Waals surface area contributed by atoms with E-state index in [1.165, 1.54) is 24.0 Å². The van der Waals surface area contributed by atoms with Crippen molar-refractivity contribution >= 4 is 21.6 Å². The Hall–Kier alpha value is -2.74. The van der Waals surface area contributed by atoms with E-state index >= 15 is 0 Å². The molecular formula is C24H30N2O5S. The van der Waals surface area contributed by atoms with E-state index in [2.05, 4.69) is 23.5 Å². The normalized spacial score (nSPS) is 16.1. The average Bonchev–Trinajstić information content (AvgIpc) is 2.79. The number of amides is 1. The molecular weight excluding hydrogens is 428 g/mol. The second kappa shape index (κ2) is 9.40. The number of nitrogens with one attached hydrogen (secondary N) is 1. The standard InChI is InChI=1S/C24H30N2O5S/c1-3-21(19-9-8-17-6-4-5-7-18(17)14-19)25-24(27)16-26(32(2,28)29)20-10-11-22-23(15-20)31-13-12-30-22/h8-11,14-15,21H,3-7,12-13,16H2,1-2H3,(H,25,27)/t21-/m1/s1. The van der Waals surface area contributed by atoms with Crippen molar-refractivity contribution in [2.24, 2.45) is 0 Å². The van der Waals surface area contributed by atoms with E-state index in [-0.39, 0.29) is 18.5 Å². The van der Waals surface area contributed by atoms with Gasteiger partial charge >= 0.3 is 0 Å². The maximum absolute atomic E-state index is 12.9. The minimum Gasteiger partial charge on any atom is -0.486 e. The van der Waals surface area contributed by atoms with Crippen LogP contribution in [0.15, 0.2) is 36.4 Å². The van der Waals surface area contributed by atoms with Crippen LogP contribution >= 0.6 is 0 Å². The molecule has 0 saturated heterocycles. The van der Waals surface area contributed by atoms with E-state index in [9.17, 15) is 13.2 Å². The number of carbonyl (C=O) groups excluding carboxylic acids is 1. The van der Waals surface area contributed by atoms with Gasteiger partial charge in [0.05, 0.1) is 18.0 Å². The van der Waals surface area contributed by atoms with Crippen LogP contribution in [0.1, 0.15) is 48.9 Å². The largest absolute Gasteiger partial charge is 0.486 e. The molecule has 0 aromatic heterocycles. The number of rotatable bonds is 7. The molecule has 8 heteroatoms. The lowest BCUT2D eigenvalue weighted by molar-refractivity contribution is -0.120. The molecule has 32 heavy (non-hydrogen) atoms. The number of aryl methyl sites for hydroxylation is 2. The van der Waals surface area contributed by atoms with Gasteiger partial charge in [0.15, 0.2) is 11.5 Å². The molecule has 0 fully saturated rings. The summed E-state index contributed by atoms with van der Waals surface area (Å²) in [6.07, 6.45) is 6.41. The first kappa shape index (κ1) is 22.5. The highest BCUT2D eigenvalue weighted by atomic mass is 32.2. The highest BCUT2D eigenvalue weighted by Crippen LogP contribution is 2.34. The fourth-order valence-corrected chi connectivity index (χ4v) is 5.20. The van der Waals surface area contributed by atoms with E-state index in [0.717, 1.165) is 29.0 Å². The van der Waals surface area contributed by atoms with Crippen LogP contribution in [0, 0.1) is 0 Å². The first-order chi connectivity index (χ1) is 15.3. The van der Waals surface area contributed by atoms with Crippen molar-refractivity contribution in [3.05, 3.63) is 53.1 Å². The first-order valence-corrected chi connectivity index (χ1v) is 13.0. The Morgan fingerprint density at radius 3 is 2.47 bits per heavy atom. The molecule has 0 unspecified atom stereocenters. The van der Waals surface area contributed by atoms with Crippen LogP contribution in [0.5, 0.6) is 11.5 Å². The number of sulfonamides is 1. The molecule has 1 amide bonds. The number of carbonyl (C=O) groups is 1. The monoisotopic (exact) mass is 458 g/mol. The Morgan fingerprint density at radius 1 is 1.03 bits per heavy atom. The fraction of sp³-hybridized carbons (Fsp3) is 0.458. The van der Waals surface area contributed by atoms with Crippen LogP contribution in [-0.4, -0.2) is 40.3 Å². The van der Waals surface area contributed by atoms with Gasteiger partial charge in [-0.05, 0) is 60.9 Å². The molecule has 2 aromatic rings. The van der Waals surface area contributed by atoms with Crippen LogP contribution in [0.3, 0.4) is 0 Å². The SMILES string of the molecule is CC[C@@H](NC(=O)CN(c1ccc2c(c1)OCCO2)S(C)(=O)=O)c1ccc2c(c1)CCCC2. The summed E-state index contributed by atoms with van der Waals surface area (Å²) in [6, 6.07) is 11.2. The van der Waals surface area contributed by atoms with Gasteiger partial charge in [-0.1, -0.05) is 25.1 Å². The average molecular weight is 459 g/mol. The molecule has 2 aliphatic rings. The first-order valence-electron chi connectivity index (χ1n) is 11.1. The zero-order chi connectivity index (χ0) is 22.7. The predicted octanol–water partition coefficient (Wildman–Crippen LogP) is 3.37. The van der Waals surface area contributed by atoms with Gasteiger partial charge in [-0.2, -0.15) is 0 Å². The topological polar surface area (TPSA) is 84.9 Å². The summed E-state index contributed by atoms with van der Waals surface area (Å²) in [4.78, 5) is 12.9. The number of ether oxygens (including phenoxy) is 2. The minimum atomic E-state index is -3.68. The van der Waals surface area contributed by atoms with E-state index in [1.54, 1.807) is 18.2 Å². The van der Waals surface area contributed by atoms with Crippen molar-refractivity contribution in [3.63, 3.8) is 0 Å². The third kappa shape index (κ3) is 5.01. The van der Waals surface area contributed by atoms with Gasteiger partial charge in [0.1, 0.15) is 19.8 Å². The Labute approximate surface area is 189 Å². The lowest BCUT2D eigenvalue weighted by Gasteiger charge is -2.26. The van der Waals surface area contributed by atoms with E-state index < -0.39 is 10.0 Å². The zero-order valence-electron chi connectivity index (χ0n) is 18.6.